The third-order valence-corrected chi connectivity index (χ3v) is 4.15. The second-order valence-corrected chi connectivity index (χ2v) is 5.83. The van der Waals surface area contributed by atoms with Crippen LogP contribution in [0.3, 0.4) is 0 Å². The summed E-state index contributed by atoms with van der Waals surface area (Å²) in [5.74, 6) is 0.709. The lowest BCUT2D eigenvalue weighted by atomic mass is 9.77. The molecule has 0 aromatic heterocycles. The summed E-state index contributed by atoms with van der Waals surface area (Å²) in [5, 5.41) is 12.7. The molecule has 19 heavy (non-hydrogen) atoms. The molecule has 1 fully saturated rings. The van der Waals surface area contributed by atoms with Crippen LogP contribution >= 0.6 is 0 Å². The van der Waals surface area contributed by atoms with E-state index < -0.39 is 5.54 Å². The number of carbonyl (C=O) groups is 1. The van der Waals surface area contributed by atoms with Crippen molar-refractivity contribution in [3.05, 3.63) is 35.9 Å². The number of hydrogen-bond donors (Lipinski definition) is 2. The summed E-state index contributed by atoms with van der Waals surface area (Å²) in [6, 6.07) is 9.72. The lowest BCUT2D eigenvalue weighted by Gasteiger charge is -2.38. The van der Waals surface area contributed by atoms with Crippen LogP contribution in [0, 0.1) is 5.92 Å². The van der Waals surface area contributed by atoms with E-state index in [-0.39, 0.29) is 12.5 Å². The van der Waals surface area contributed by atoms with E-state index in [0.29, 0.717) is 12.3 Å². The quantitative estimate of drug-likeness (QED) is 0.873. The van der Waals surface area contributed by atoms with Gasteiger partial charge in [-0.15, -0.1) is 0 Å². The molecule has 3 nitrogen and oxygen atoms in total. The van der Waals surface area contributed by atoms with Crippen molar-refractivity contribution in [2.24, 2.45) is 5.92 Å². The van der Waals surface area contributed by atoms with E-state index in [1.54, 1.807) is 0 Å². The predicted octanol–water partition coefficient (Wildman–Crippen LogP) is 2.29. The fourth-order valence-electron chi connectivity index (χ4n) is 2.76. The molecule has 0 unspecified atom stereocenters. The molecule has 0 saturated heterocycles. The number of hydrogen-bond acceptors (Lipinski definition) is 2. The summed E-state index contributed by atoms with van der Waals surface area (Å²) in [4.78, 5) is 12.1. The number of benzene rings is 1. The van der Waals surface area contributed by atoms with Gasteiger partial charge in [0.25, 0.3) is 0 Å². The molecule has 0 radical (unpaired) electrons. The van der Waals surface area contributed by atoms with Crippen LogP contribution in [-0.2, 0) is 11.2 Å². The highest BCUT2D eigenvalue weighted by Gasteiger charge is 2.34. The third-order valence-electron chi connectivity index (χ3n) is 4.15. The van der Waals surface area contributed by atoms with E-state index in [4.69, 9.17) is 0 Å². The van der Waals surface area contributed by atoms with Gasteiger partial charge in [-0.1, -0.05) is 37.3 Å². The molecule has 0 bridgehead atoms. The highest BCUT2D eigenvalue weighted by molar-refractivity contribution is 5.79. The van der Waals surface area contributed by atoms with Gasteiger partial charge in [-0.2, -0.15) is 0 Å². The minimum atomic E-state index is -0.391. The molecule has 1 saturated carbocycles. The van der Waals surface area contributed by atoms with Crippen LogP contribution in [0.4, 0.5) is 0 Å². The van der Waals surface area contributed by atoms with Gasteiger partial charge in [-0.25, -0.2) is 0 Å². The molecular weight excluding hydrogens is 238 g/mol. The molecule has 1 amide bonds. The fraction of sp³-hybridized carbons (Fsp3) is 0.562. The highest BCUT2D eigenvalue weighted by Crippen LogP contribution is 2.31. The molecule has 104 valence electrons. The van der Waals surface area contributed by atoms with E-state index in [1.807, 2.05) is 30.3 Å². The maximum atomic E-state index is 12.1. The molecule has 2 rings (SSSR count). The summed E-state index contributed by atoms with van der Waals surface area (Å²) in [6.07, 6.45) is 4.30. The molecule has 0 spiro atoms. The second kappa shape index (κ2) is 6.20. The van der Waals surface area contributed by atoms with Gasteiger partial charge in [0, 0.05) is 0 Å². The molecule has 0 atom stereocenters. The lowest BCUT2D eigenvalue weighted by molar-refractivity contribution is -0.123. The van der Waals surface area contributed by atoms with Gasteiger partial charge in [-0.05, 0) is 37.2 Å². The van der Waals surface area contributed by atoms with Crippen LogP contribution in [0.2, 0.25) is 0 Å². The normalized spacial score (nSPS) is 26.9. The van der Waals surface area contributed by atoms with Gasteiger partial charge in [-0.3, -0.25) is 4.79 Å². The van der Waals surface area contributed by atoms with Crippen molar-refractivity contribution in [1.29, 1.82) is 0 Å². The molecule has 0 aliphatic heterocycles. The summed E-state index contributed by atoms with van der Waals surface area (Å²) < 4.78 is 0. The molecule has 0 heterocycles. The average Bonchev–Trinajstić information content (AvgIpc) is 2.43. The van der Waals surface area contributed by atoms with Crippen LogP contribution < -0.4 is 5.32 Å². The molecule has 1 aliphatic rings. The Morgan fingerprint density at radius 3 is 2.53 bits per heavy atom. The van der Waals surface area contributed by atoms with E-state index in [1.165, 1.54) is 0 Å². The summed E-state index contributed by atoms with van der Waals surface area (Å²) in [7, 11) is 0. The summed E-state index contributed by atoms with van der Waals surface area (Å²) in [6.45, 7) is 2.27. The zero-order chi connectivity index (χ0) is 13.7. The molecule has 1 aromatic carbocycles. The second-order valence-electron chi connectivity index (χ2n) is 5.83. The van der Waals surface area contributed by atoms with Gasteiger partial charge in [0.2, 0.25) is 5.91 Å². The van der Waals surface area contributed by atoms with E-state index in [9.17, 15) is 9.90 Å². The Balaban J connectivity index is 1.93. The first kappa shape index (κ1) is 14.1. The Morgan fingerprint density at radius 1 is 1.32 bits per heavy atom. The lowest BCUT2D eigenvalue weighted by Crippen LogP contribution is -2.53. The third kappa shape index (κ3) is 3.80. The Kier molecular flexibility index (Phi) is 4.59. The topological polar surface area (TPSA) is 49.3 Å². The molecular formula is C16H23NO2. The highest BCUT2D eigenvalue weighted by atomic mass is 16.3. The van der Waals surface area contributed by atoms with Gasteiger partial charge in [0.05, 0.1) is 18.6 Å². The zero-order valence-corrected chi connectivity index (χ0v) is 11.6. The van der Waals surface area contributed by atoms with Gasteiger partial charge >= 0.3 is 0 Å². The molecule has 3 heteroatoms. The molecule has 2 N–H and O–H groups in total. The van der Waals surface area contributed by atoms with Crippen molar-refractivity contribution in [2.45, 2.75) is 44.6 Å². The van der Waals surface area contributed by atoms with Crippen molar-refractivity contribution in [3.63, 3.8) is 0 Å². The van der Waals surface area contributed by atoms with Gasteiger partial charge < -0.3 is 10.4 Å². The van der Waals surface area contributed by atoms with Crippen LogP contribution in [0.15, 0.2) is 30.3 Å². The van der Waals surface area contributed by atoms with Crippen LogP contribution in [0.1, 0.15) is 38.2 Å². The van der Waals surface area contributed by atoms with Crippen LogP contribution in [-0.4, -0.2) is 23.2 Å². The van der Waals surface area contributed by atoms with Gasteiger partial charge in [0.15, 0.2) is 0 Å². The van der Waals surface area contributed by atoms with Crippen molar-refractivity contribution in [2.75, 3.05) is 6.61 Å². The van der Waals surface area contributed by atoms with E-state index in [0.717, 1.165) is 31.2 Å². The van der Waals surface area contributed by atoms with Crippen LogP contribution in [0.5, 0.6) is 0 Å². The predicted molar refractivity (Wildman–Crippen MR) is 75.7 cm³/mol. The van der Waals surface area contributed by atoms with Crippen molar-refractivity contribution < 1.29 is 9.90 Å². The first-order valence-corrected chi connectivity index (χ1v) is 7.09. The monoisotopic (exact) mass is 261 g/mol. The largest absolute Gasteiger partial charge is 0.394 e. The Bertz CT molecular complexity index is 408. The fourth-order valence-corrected chi connectivity index (χ4v) is 2.76. The molecule has 1 aromatic rings. The maximum Gasteiger partial charge on any atom is 0.224 e. The first-order valence-electron chi connectivity index (χ1n) is 7.09. The Morgan fingerprint density at radius 2 is 1.95 bits per heavy atom. The Labute approximate surface area is 115 Å². The summed E-state index contributed by atoms with van der Waals surface area (Å²) in [5.41, 5.74) is 0.621. The number of aliphatic hydroxyl groups is 1. The number of amides is 1. The number of rotatable bonds is 4. The van der Waals surface area contributed by atoms with E-state index in [2.05, 4.69) is 12.2 Å². The number of nitrogens with one attached hydrogen (secondary N) is 1. The number of aliphatic hydroxyl groups excluding tert-OH is 1. The van der Waals surface area contributed by atoms with Crippen molar-refractivity contribution >= 4 is 5.91 Å². The molecule has 1 aliphatic carbocycles. The van der Waals surface area contributed by atoms with Crippen molar-refractivity contribution in [3.8, 4) is 0 Å². The first-order chi connectivity index (χ1) is 9.13. The zero-order valence-electron chi connectivity index (χ0n) is 11.6. The summed E-state index contributed by atoms with van der Waals surface area (Å²) >= 11 is 0. The smallest absolute Gasteiger partial charge is 0.224 e. The Hall–Kier alpha value is -1.35. The van der Waals surface area contributed by atoms with Gasteiger partial charge in [0.1, 0.15) is 0 Å². The standard InChI is InChI=1S/C16H23NO2/c1-13-7-9-16(12-18,10-8-13)17-15(19)11-14-5-3-2-4-6-14/h2-6,13,18H,7-12H2,1H3,(H,17,19). The SMILES string of the molecule is CC1CCC(CO)(NC(=O)Cc2ccccc2)CC1. The maximum absolute atomic E-state index is 12.1. The average molecular weight is 261 g/mol. The number of carbonyl (C=O) groups excluding carboxylic acids is 1. The van der Waals surface area contributed by atoms with E-state index >= 15 is 0 Å². The minimum Gasteiger partial charge on any atom is -0.394 e. The minimum absolute atomic E-state index is 0.00908. The van der Waals surface area contributed by atoms with Crippen LogP contribution in [0.25, 0.3) is 0 Å². The van der Waals surface area contributed by atoms with Crippen molar-refractivity contribution in [1.82, 2.24) is 5.32 Å².